The van der Waals surface area contributed by atoms with Crippen molar-refractivity contribution in [2.75, 3.05) is 6.54 Å². The van der Waals surface area contributed by atoms with Crippen molar-refractivity contribution in [2.24, 2.45) is 39.5 Å². The van der Waals surface area contributed by atoms with Crippen LogP contribution in [0.15, 0.2) is 0 Å². The molecule has 7 nitrogen and oxygen atoms in total. The summed E-state index contributed by atoms with van der Waals surface area (Å²) < 4.78 is 0. The number of ketones is 1. The van der Waals surface area contributed by atoms with Gasteiger partial charge in [0.05, 0.1) is 12.1 Å². The molecule has 2 aliphatic carbocycles. The third kappa shape index (κ3) is 4.68. The van der Waals surface area contributed by atoms with Crippen LogP contribution in [0.25, 0.3) is 0 Å². The third-order valence-corrected chi connectivity index (χ3v) is 8.44. The van der Waals surface area contributed by atoms with Crippen LogP contribution in [-0.4, -0.2) is 52.3 Å². The fourth-order valence-electron chi connectivity index (χ4n) is 5.58. The van der Waals surface area contributed by atoms with Crippen molar-refractivity contribution >= 4 is 17.6 Å². The van der Waals surface area contributed by atoms with Gasteiger partial charge in [-0.1, -0.05) is 53.9 Å². The van der Waals surface area contributed by atoms with Crippen LogP contribution in [0.4, 0.5) is 0 Å². The van der Waals surface area contributed by atoms with E-state index in [0.29, 0.717) is 25.3 Å². The van der Waals surface area contributed by atoms with Crippen molar-refractivity contribution in [2.45, 2.75) is 97.8 Å². The zero-order chi connectivity index (χ0) is 23.4. The molecule has 0 aromatic heterocycles. The highest BCUT2D eigenvalue weighted by Gasteiger charge is 2.67. The van der Waals surface area contributed by atoms with Crippen LogP contribution in [0.1, 0.15) is 79.6 Å². The predicted molar refractivity (Wildman–Crippen MR) is 119 cm³/mol. The Morgan fingerprint density at radius 2 is 1.77 bits per heavy atom. The SMILES string of the molecule is CC(C)(C)[C@H](N)C(=O)N1C[C@@]2(C[C@H]1C(=O)CC(CC1CCC1)C(O)C(N)=O)CC2(C)C. The summed E-state index contributed by atoms with van der Waals surface area (Å²) in [4.78, 5) is 40.2. The van der Waals surface area contributed by atoms with Gasteiger partial charge in [-0.25, -0.2) is 0 Å². The van der Waals surface area contributed by atoms with Crippen molar-refractivity contribution in [1.29, 1.82) is 0 Å². The van der Waals surface area contributed by atoms with E-state index in [4.69, 9.17) is 11.5 Å². The molecule has 1 spiro atoms. The topological polar surface area (TPSA) is 127 Å². The molecule has 0 radical (unpaired) electrons. The maximum atomic E-state index is 13.5. The van der Waals surface area contributed by atoms with Crippen LogP contribution >= 0.6 is 0 Å². The zero-order valence-electron chi connectivity index (χ0n) is 19.8. The molecule has 1 aliphatic heterocycles. The third-order valence-electron chi connectivity index (χ3n) is 8.44. The fraction of sp³-hybridized carbons (Fsp3) is 0.875. The molecule has 1 saturated heterocycles. The molecule has 0 bridgehead atoms. The molecule has 0 aromatic carbocycles. The molecule has 3 rings (SSSR count). The number of aliphatic hydroxyl groups is 1. The smallest absolute Gasteiger partial charge is 0.246 e. The van der Waals surface area contributed by atoms with Crippen LogP contribution in [0, 0.1) is 28.1 Å². The largest absolute Gasteiger partial charge is 0.383 e. The Morgan fingerprint density at radius 3 is 2.19 bits per heavy atom. The Kier molecular flexibility index (Phi) is 6.35. The second-order valence-electron chi connectivity index (χ2n) is 12.2. The number of likely N-dealkylation sites (tertiary alicyclic amines) is 1. The number of Topliss-reactive ketones (excluding diaryl/α,β-unsaturated/α-hetero) is 1. The Balaban J connectivity index is 1.79. The van der Waals surface area contributed by atoms with Gasteiger partial charge in [0.25, 0.3) is 0 Å². The lowest BCUT2D eigenvalue weighted by Crippen LogP contribution is -2.53. The highest BCUT2D eigenvalue weighted by molar-refractivity contribution is 5.92. The summed E-state index contributed by atoms with van der Waals surface area (Å²) >= 11 is 0. The number of aliphatic hydroxyl groups excluding tert-OH is 1. The summed E-state index contributed by atoms with van der Waals surface area (Å²) in [5.41, 5.74) is 11.3. The van der Waals surface area contributed by atoms with Gasteiger partial charge in [-0.3, -0.25) is 14.4 Å². The first-order valence-corrected chi connectivity index (χ1v) is 11.7. The molecule has 3 aliphatic rings. The van der Waals surface area contributed by atoms with E-state index in [9.17, 15) is 19.5 Å². The lowest BCUT2D eigenvalue weighted by atomic mass is 9.75. The van der Waals surface area contributed by atoms with E-state index >= 15 is 0 Å². The zero-order valence-corrected chi connectivity index (χ0v) is 19.8. The number of hydrogen-bond donors (Lipinski definition) is 3. The highest BCUT2D eigenvalue weighted by atomic mass is 16.3. The second kappa shape index (κ2) is 8.14. The van der Waals surface area contributed by atoms with E-state index in [1.165, 1.54) is 0 Å². The maximum absolute atomic E-state index is 13.5. The van der Waals surface area contributed by atoms with Crippen LogP contribution < -0.4 is 11.5 Å². The van der Waals surface area contributed by atoms with E-state index in [1.54, 1.807) is 4.90 Å². The average Bonchev–Trinajstić information content (AvgIpc) is 2.96. The van der Waals surface area contributed by atoms with E-state index in [0.717, 1.165) is 25.7 Å². The molecule has 3 fully saturated rings. The number of nitrogens with two attached hydrogens (primary N) is 2. The Morgan fingerprint density at radius 1 is 1.19 bits per heavy atom. The number of carbonyl (C=O) groups excluding carboxylic acids is 3. The molecule has 5 atom stereocenters. The van der Waals surface area contributed by atoms with Gasteiger partial charge in [-0.05, 0) is 41.4 Å². The summed E-state index contributed by atoms with van der Waals surface area (Å²) in [6.07, 6.45) is 4.22. The van der Waals surface area contributed by atoms with E-state index in [1.807, 2.05) is 20.8 Å². The summed E-state index contributed by atoms with van der Waals surface area (Å²) in [6, 6.07) is -1.24. The summed E-state index contributed by atoms with van der Waals surface area (Å²) in [5.74, 6) is -1.12. The average molecular weight is 436 g/mol. The van der Waals surface area contributed by atoms with Gasteiger partial charge in [0.15, 0.2) is 5.78 Å². The lowest BCUT2D eigenvalue weighted by molar-refractivity contribution is -0.142. The minimum atomic E-state index is -1.33. The van der Waals surface area contributed by atoms with Crippen molar-refractivity contribution in [3.05, 3.63) is 0 Å². The summed E-state index contributed by atoms with van der Waals surface area (Å²) in [6.45, 7) is 10.7. The quantitative estimate of drug-likeness (QED) is 0.537. The predicted octanol–water partition coefficient (Wildman–Crippen LogP) is 1.99. The first-order chi connectivity index (χ1) is 14.2. The molecule has 2 unspecified atom stereocenters. The lowest BCUT2D eigenvalue weighted by Gasteiger charge is -2.34. The maximum Gasteiger partial charge on any atom is 0.246 e. The Hall–Kier alpha value is -1.47. The van der Waals surface area contributed by atoms with Crippen LogP contribution in [0.5, 0.6) is 0 Å². The van der Waals surface area contributed by atoms with Crippen molar-refractivity contribution in [3.63, 3.8) is 0 Å². The molecule has 2 amide bonds. The number of hydrogen-bond acceptors (Lipinski definition) is 5. The summed E-state index contributed by atoms with van der Waals surface area (Å²) in [7, 11) is 0. The van der Waals surface area contributed by atoms with Crippen molar-refractivity contribution < 1.29 is 19.5 Å². The van der Waals surface area contributed by atoms with Gasteiger partial charge >= 0.3 is 0 Å². The molecule has 0 aromatic rings. The molecule has 31 heavy (non-hydrogen) atoms. The first kappa shape index (κ1) is 24.2. The van der Waals surface area contributed by atoms with Crippen molar-refractivity contribution in [3.8, 4) is 0 Å². The van der Waals surface area contributed by atoms with Gasteiger partial charge in [-0.2, -0.15) is 0 Å². The number of primary amides is 1. The fourth-order valence-corrected chi connectivity index (χ4v) is 5.58. The minimum absolute atomic E-state index is 0.0492. The molecule has 176 valence electrons. The normalized spacial score (nSPS) is 30.5. The number of nitrogens with zero attached hydrogens (tertiary/aromatic N) is 1. The van der Waals surface area contributed by atoms with E-state index < -0.39 is 35.4 Å². The van der Waals surface area contributed by atoms with E-state index in [-0.39, 0.29) is 28.9 Å². The van der Waals surface area contributed by atoms with Gasteiger partial charge < -0.3 is 21.5 Å². The molecular weight excluding hydrogens is 394 g/mol. The Labute approximate surface area is 186 Å². The molecule has 1 heterocycles. The molecule has 2 saturated carbocycles. The first-order valence-electron chi connectivity index (χ1n) is 11.7. The molecule has 7 heteroatoms. The molecular formula is C24H41N3O4. The number of carbonyl (C=O) groups is 3. The number of amides is 2. The monoisotopic (exact) mass is 435 g/mol. The van der Waals surface area contributed by atoms with Crippen molar-refractivity contribution in [1.82, 2.24) is 4.90 Å². The van der Waals surface area contributed by atoms with Crippen LogP contribution in [0.2, 0.25) is 0 Å². The molecule has 5 N–H and O–H groups in total. The van der Waals surface area contributed by atoms with Gasteiger partial charge in [0.2, 0.25) is 11.8 Å². The van der Waals surface area contributed by atoms with Gasteiger partial charge in [0, 0.05) is 18.9 Å². The second-order valence-corrected chi connectivity index (χ2v) is 12.2. The summed E-state index contributed by atoms with van der Waals surface area (Å²) in [5, 5.41) is 10.4. The van der Waals surface area contributed by atoms with Gasteiger partial charge in [0.1, 0.15) is 6.10 Å². The Bertz CT molecular complexity index is 740. The van der Waals surface area contributed by atoms with Gasteiger partial charge in [-0.15, -0.1) is 0 Å². The standard InChI is InChI=1S/C24H41N3O4/c1-22(2,3)19(25)21(31)27-13-24(12-23(24,4)5)11-16(27)17(28)10-15(18(29)20(26)30)9-14-7-6-8-14/h14-16,18-19,29H,6-13,25H2,1-5H3,(H2,26,30)/t15?,16-,18?,19+,24+/m0/s1. The minimum Gasteiger partial charge on any atom is -0.383 e. The van der Waals surface area contributed by atoms with E-state index in [2.05, 4.69) is 13.8 Å². The highest BCUT2D eigenvalue weighted by Crippen LogP contribution is 2.69. The van der Waals surface area contributed by atoms with Crippen LogP contribution in [0.3, 0.4) is 0 Å². The van der Waals surface area contributed by atoms with Crippen LogP contribution in [-0.2, 0) is 14.4 Å². The number of rotatable bonds is 8.